The first-order chi connectivity index (χ1) is 13.2. The number of methoxy groups -OCH3 is 2. The Morgan fingerprint density at radius 1 is 0.963 bits per heavy atom. The summed E-state index contributed by atoms with van der Waals surface area (Å²) in [6.07, 6.45) is 1.20. The highest BCUT2D eigenvalue weighted by Crippen LogP contribution is 2.31. The maximum absolute atomic E-state index is 11.7. The quantitative estimate of drug-likeness (QED) is 0.700. The number of piperazine rings is 1. The van der Waals surface area contributed by atoms with E-state index in [1.165, 1.54) is 12.7 Å². The molecule has 0 bridgehead atoms. The fourth-order valence-electron chi connectivity index (χ4n) is 3.76. The Labute approximate surface area is 161 Å². The topological polar surface area (TPSA) is 42.0 Å². The van der Waals surface area contributed by atoms with Crippen molar-refractivity contribution in [3.63, 3.8) is 0 Å². The highest BCUT2D eigenvalue weighted by atomic mass is 16.5. The number of anilines is 1. The van der Waals surface area contributed by atoms with Crippen LogP contribution in [0.3, 0.4) is 0 Å². The summed E-state index contributed by atoms with van der Waals surface area (Å²) in [5, 5.41) is 0. The first kappa shape index (κ1) is 19.2. The number of esters is 1. The molecule has 0 saturated carbocycles. The van der Waals surface area contributed by atoms with Gasteiger partial charge < -0.3 is 14.4 Å². The van der Waals surface area contributed by atoms with Gasteiger partial charge in [0, 0.05) is 38.6 Å². The third-order valence-corrected chi connectivity index (χ3v) is 5.21. The van der Waals surface area contributed by atoms with Gasteiger partial charge in [-0.1, -0.05) is 42.5 Å². The van der Waals surface area contributed by atoms with Crippen molar-refractivity contribution < 1.29 is 14.3 Å². The molecule has 1 fully saturated rings. The number of hydrogen-bond acceptors (Lipinski definition) is 5. The van der Waals surface area contributed by atoms with Crippen LogP contribution in [0, 0.1) is 0 Å². The van der Waals surface area contributed by atoms with E-state index in [-0.39, 0.29) is 12.0 Å². The molecule has 2 aromatic rings. The highest BCUT2D eigenvalue weighted by molar-refractivity contribution is 5.69. The Kier molecular flexibility index (Phi) is 6.71. The van der Waals surface area contributed by atoms with E-state index < -0.39 is 0 Å². The van der Waals surface area contributed by atoms with Crippen LogP contribution in [0.1, 0.15) is 24.4 Å². The van der Waals surface area contributed by atoms with Gasteiger partial charge in [-0.15, -0.1) is 0 Å². The smallest absolute Gasteiger partial charge is 0.305 e. The molecule has 0 radical (unpaired) electrons. The molecule has 1 aliphatic heterocycles. The zero-order valence-corrected chi connectivity index (χ0v) is 16.1. The van der Waals surface area contributed by atoms with Crippen molar-refractivity contribution in [3.05, 3.63) is 60.2 Å². The summed E-state index contributed by atoms with van der Waals surface area (Å²) in [5.41, 5.74) is 2.40. The van der Waals surface area contributed by atoms with Crippen LogP contribution in [0.4, 0.5) is 5.69 Å². The summed E-state index contributed by atoms with van der Waals surface area (Å²) in [7, 11) is 3.17. The Bertz CT molecular complexity index is 727. The molecule has 1 aliphatic rings. The van der Waals surface area contributed by atoms with Crippen molar-refractivity contribution in [2.75, 3.05) is 45.3 Å². The van der Waals surface area contributed by atoms with Gasteiger partial charge in [0.15, 0.2) is 0 Å². The zero-order valence-electron chi connectivity index (χ0n) is 16.1. The van der Waals surface area contributed by atoms with E-state index in [9.17, 15) is 4.79 Å². The molecule has 0 aromatic heterocycles. The van der Waals surface area contributed by atoms with Crippen LogP contribution < -0.4 is 9.64 Å². The molecule has 5 nitrogen and oxygen atoms in total. The van der Waals surface area contributed by atoms with Gasteiger partial charge in [-0.05, 0) is 24.1 Å². The van der Waals surface area contributed by atoms with Crippen molar-refractivity contribution in [1.82, 2.24) is 4.90 Å². The zero-order chi connectivity index (χ0) is 19.1. The molecule has 27 heavy (non-hydrogen) atoms. The molecule has 1 atom stereocenters. The highest BCUT2D eigenvalue weighted by Gasteiger charge is 2.26. The predicted molar refractivity (Wildman–Crippen MR) is 107 cm³/mol. The average Bonchev–Trinajstić information content (AvgIpc) is 2.75. The van der Waals surface area contributed by atoms with Crippen molar-refractivity contribution in [2.24, 2.45) is 0 Å². The van der Waals surface area contributed by atoms with Gasteiger partial charge >= 0.3 is 5.97 Å². The van der Waals surface area contributed by atoms with Gasteiger partial charge in [-0.3, -0.25) is 9.69 Å². The van der Waals surface area contributed by atoms with Gasteiger partial charge in [0.2, 0.25) is 0 Å². The fourth-order valence-corrected chi connectivity index (χ4v) is 3.76. The van der Waals surface area contributed by atoms with Gasteiger partial charge in [0.05, 0.1) is 19.9 Å². The number of hydrogen-bond donors (Lipinski definition) is 0. The van der Waals surface area contributed by atoms with Gasteiger partial charge in [0.25, 0.3) is 0 Å². The minimum atomic E-state index is -0.149. The normalized spacial score (nSPS) is 16.0. The first-order valence-corrected chi connectivity index (χ1v) is 9.46. The molecule has 0 spiro atoms. The summed E-state index contributed by atoms with van der Waals surface area (Å²) >= 11 is 0. The molecular weight excluding hydrogens is 340 g/mol. The molecule has 1 unspecified atom stereocenters. The van der Waals surface area contributed by atoms with E-state index in [0.717, 1.165) is 44.0 Å². The molecule has 0 aliphatic carbocycles. The van der Waals surface area contributed by atoms with Gasteiger partial charge in [-0.25, -0.2) is 0 Å². The van der Waals surface area contributed by atoms with Crippen LogP contribution in [0.15, 0.2) is 54.6 Å². The molecule has 0 N–H and O–H groups in total. The third-order valence-electron chi connectivity index (χ3n) is 5.21. The lowest BCUT2D eigenvalue weighted by Gasteiger charge is -2.40. The van der Waals surface area contributed by atoms with Crippen LogP contribution in [-0.4, -0.2) is 51.3 Å². The summed E-state index contributed by atoms with van der Waals surface area (Å²) in [5.74, 6) is 0.764. The number of nitrogens with zero attached hydrogens (tertiary/aromatic N) is 2. The molecule has 2 aromatic carbocycles. The number of carbonyl (C=O) groups excluding carboxylic acids is 1. The van der Waals surface area contributed by atoms with Crippen molar-refractivity contribution >= 4 is 11.7 Å². The molecule has 1 heterocycles. The molecule has 5 heteroatoms. The average molecular weight is 368 g/mol. The first-order valence-electron chi connectivity index (χ1n) is 9.46. The second-order valence-electron chi connectivity index (χ2n) is 6.74. The SMILES string of the molecule is COC(=O)CCC(c1ccccc1)N1CCN(c2ccccc2OC)CC1. The van der Waals surface area contributed by atoms with Crippen LogP contribution >= 0.6 is 0 Å². The minimum Gasteiger partial charge on any atom is -0.495 e. The van der Waals surface area contributed by atoms with Crippen molar-refractivity contribution in [3.8, 4) is 5.75 Å². The summed E-state index contributed by atoms with van der Waals surface area (Å²) in [6, 6.07) is 18.8. The van der Waals surface area contributed by atoms with E-state index in [2.05, 4.69) is 40.1 Å². The largest absolute Gasteiger partial charge is 0.495 e. The molecule has 1 saturated heterocycles. The standard InChI is InChI=1S/C22H28N2O3/c1-26-21-11-7-6-10-20(21)24-16-14-23(15-17-24)19(12-13-22(25)27-2)18-8-4-3-5-9-18/h3-11,19H,12-17H2,1-2H3. The molecule has 0 amide bonds. The number of para-hydroxylation sites is 2. The Morgan fingerprint density at radius 2 is 1.63 bits per heavy atom. The van der Waals surface area contributed by atoms with Gasteiger partial charge in [-0.2, -0.15) is 0 Å². The summed E-state index contributed by atoms with van der Waals surface area (Å²) in [4.78, 5) is 16.5. The van der Waals surface area contributed by atoms with Crippen LogP contribution in [0.25, 0.3) is 0 Å². The third kappa shape index (κ3) is 4.80. The monoisotopic (exact) mass is 368 g/mol. The Hall–Kier alpha value is -2.53. The van der Waals surface area contributed by atoms with Crippen molar-refractivity contribution in [2.45, 2.75) is 18.9 Å². The van der Waals surface area contributed by atoms with E-state index in [4.69, 9.17) is 9.47 Å². The summed E-state index contributed by atoms with van der Waals surface area (Å²) < 4.78 is 10.4. The molecule has 144 valence electrons. The maximum atomic E-state index is 11.7. The fraction of sp³-hybridized carbons (Fsp3) is 0.409. The Balaban J connectivity index is 1.69. The van der Waals surface area contributed by atoms with Crippen LogP contribution in [0.5, 0.6) is 5.75 Å². The summed E-state index contributed by atoms with van der Waals surface area (Å²) in [6.45, 7) is 3.75. The lowest BCUT2D eigenvalue weighted by Crippen LogP contribution is -2.47. The van der Waals surface area contributed by atoms with E-state index in [1.807, 2.05) is 24.3 Å². The number of carbonyl (C=O) groups is 1. The number of rotatable bonds is 7. The van der Waals surface area contributed by atoms with Crippen molar-refractivity contribution in [1.29, 1.82) is 0 Å². The van der Waals surface area contributed by atoms with Crippen LogP contribution in [-0.2, 0) is 9.53 Å². The maximum Gasteiger partial charge on any atom is 0.305 e. The predicted octanol–water partition coefficient (Wildman–Crippen LogP) is 3.51. The number of ether oxygens (including phenoxy) is 2. The lowest BCUT2D eigenvalue weighted by atomic mass is 9.99. The Morgan fingerprint density at radius 3 is 2.30 bits per heavy atom. The lowest BCUT2D eigenvalue weighted by molar-refractivity contribution is -0.141. The van der Waals surface area contributed by atoms with E-state index in [0.29, 0.717) is 6.42 Å². The van der Waals surface area contributed by atoms with E-state index >= 15 is 0 Å². The molecular formula is C22H28N2O3. The minimum absolute atomic E-state index is 0.149. The van der Waals surface area contributed by atoms with E-state index in [1.54, 1.807) is 7.11 Å². The molecule has 3 rings (SSSR count). The second-order valence-corrected chi connectivity index (χ2v) is 6.74. The van der Waals surface area contributed by atoms with Gasteiger partial charge in [0.1, 0.15) is 5.75 Å². The van der Waals surface area contributed by atoms with Crippen LogP contribution in [0.2, 0.25) is 0 Å². The number of benzene rings is 2. The second kappa shape index (κ2) is 9.42.